The zero-order chi connectivity index (χ0) is 30.7. The minimum atomic E-state index is -0.0492. The Morgan fingerprint density at radius 2 is 1.32 bits per heavy atom. The highest BCUT2D eigenvalue weighted by molar-refractivity contribution is 6.11. The van der Waals surface area contributed by atoms with Crippen LogP contribution in [0.2, 0.25) is 0 Å². The van der Waals surface area contributed by atoms with Crippen LogP contribution in [0.15, 0.2) is 108 Å². The Hall–Kier alpha value is -4.63. The molecule has 3 nitrogen and oxygen atoms in total. The number of para-hydroxylation sites is 3. The number of fused-ring (bicyclic) bond motifs is 4. The lowest BCUT2D eigenvalue weighted by atomic mass is 9.83. The SMILES string of the molecule is CC(C)c1cc(-c2ccccc2)cc(C(C)C)c1-n1c(-c2ccc(C(C)(C)C)c3c2oc2ccccc23)nc2ccccc21. The van der Waals surface area contributed by atoms with Crippen molar-refractivity contribution in [2.45, 2.75) is 65.7 Å². The fourth-order valence-electron chi connectivity index (χ4n) is 6.68. The molecule has 0 fully saturated rings. The summed E-state index contributed by atoms with van der Waals surface area (Å²) in [6, 6.07) is 36.9. The van der Waals surface area contributed by atoms with Crippen LogP contribution >= 0.6 is 0 Å². The van der Waals surface area contributed by atoms with Crippen LogP contribution in [0.3, 0.4) is 0 Å². The second kappa shape index (κ2) is 10.5. The molecule has 0 amide bonds. The largest absolute Gasteiger partial charge is 0.455 e. The average Bonchev–Trinajstić information content (AvgIpc) is 3.59. The molecule has 0 bridgehead atoms. The standard InChI is InChI=1S/C41H40N2O/c1-25(2)31-23-28(27-15-9-8-10-16-27)24-32(26(3)4)38(31)43-35-19-13-12-18-34(35)42-40(43)30-21-22-33(41(5,6)7)37-29-17-11-14-20-36(29)44-39(30)37/h8-26H,1-7H3. The molecule has 7 rings (SSSR count). The van der Waals surface area contributed by atoms with Crippen molar-refractivity contribution in [2.24, 2.45) is 0 Å². The van der Waals surface area contributed by atoms with Gasteiger partial charge in [-0.15, -0.1) is 0 Å². The number of imidazole rings is 1. The summed E-state index contributed by atoms with van der Waals surface area (Å²) in [5.74, 6) is 1.51. The maximum Gasteiger partial charge on any atom is 0.149 e. The molecule has 5 aromatic carbocycles. The van der Waals surface area contributed by atoms with Gasteiger partial charge in [-0.2, -0.15) is 0 Å². The number of nitrogens with zero attached hydrogens (tertiary/aromatic N) is 2. The Bertz CT molecular complexity index is 2120. The molecule has 7 aromatic rings. The summed E-state index contributed by atoms with van der Waals surface area (Å²) in [4.78, 5) is 5.36. The van der Waals surface area contributed by atoms with Crippen molar-refractivity contribution in [2.75, 3.05) is 0 Å². The maximum absolute atomic E-state index is 6.74. The van der Waals surface area contributed by atoms with Gasteiger partial charge < -0.3 is 4.42 Å². The van der Waals surface area contributed by atoms with E-state index in [4.69, 9.17) is 9.40 Å². The molecular weight excluding hydrogens is 536 g/mol. The number of aromatic nitrogens is 2. The molecule has 0 spiro atoms. The van der Waals surface area contributed by atoms with Gasteiger partial charge in [0, 0.05) is 10.8 Å². The minimum Gasteiger partial charge on any atom is -0.455 e. The highest BCUT2D eigenvalue weighted by atomic mass is 16.3. The number of rotatable bonds is 5. The molecule has 0 aliphatic heterocycles. The second-order valence-electron chi connectivity index (χ2n) is 13.7. The lowest BCUT2D eigenvalue weighted by molar-refractivity contribution is 0.595. The zero-order valence-corrected chi connectivity index (χ0v) is 26.8. The van der Waals surface area contributed by atoms with E-state index in [2.05, 4.69) is 156 Å². The van der Waals surface area contributed by atoms with Gasteiger partial charge in [-0.05, 0) is 81.5 Å². The van der Waals surface area contributed by atoms with E-state index >= 15 is 0 Å². The van der Waals surface area contributed by atoms with Crippen LogP contribution in [0.4, 0.5) is 0 Å². The molecule has 0 atom stereocenters. The summed E-state index contributed by atoms with van der Waals surface area (Å²) in [6.07, 6.45) is 0. The molecule has 0 radical (unpaired) electrons. The molecule has 44 heavy (non-hydrogen) atoms. The van der Waals surface area contributed by atoms with Gasteiger partial charge in [0.15, 0.2) is 0 Å². The van der Waals surface area contributed by atoms with Crippen molar-refractivity contribution in [3.8, 4) is 28.2 Å². The highest BCUT2D eigenvalue weighted by Gasteiger charge is 2.28. The van der Waals surface area contributed by atoms with Crippen LogP contribution < -0.4 is 0 Å². The minimum absolute atomic E-state index is 0.0492. The number of benzene rings is 5. The van der Waals surface area contributed by atoms with Gasteiger partial charge in [0.1, 0.15) is 17.0 Å². The molecule has 2 aromatic heterocycles. The Balaban J connectivity index is 1.61. The van der Waals surface area contributed by atoms with E-state index in [1.807, 2.05) is 0 Å². The monoisotopic (exact) mass is 576 g/mol. The third-order valence-corrected chi connectivity index (χ3v) is 8.88. The Labute approximate surface area is 260 Å². The van der Waals surface area contributed by atoms with E-state index in [0.29, 0.717) is 11.8 Å². The van der Waals surface area contributed by atoms with Crippen molar-refractivity contribution in [1.82, 2.24) is 9.55 Å². The van der Waals surface area contributed by atoms with Crippen molar-refractivity contribution >= 4 is 33.0 Å². The van der Waals surface area contributed by atoms with Gasteiger partial charge in [0.25, 0.3) is 0 Å². The lowest BCUT2D eigenvalue weighted by Gasteiger charge is -2.25. The normalized spacial score (nSPS) is 12.4. The Morgan fingerprint density at radius 3 is 2.00 bits per heavy atom. The van der Waals surface area contributed by atoms with Crippen LogP contribution in [0.25, 0.3) is 61.2 Å². The van der Waals surface area contributed by atoms with E-state index in [9.17, 15) is 0 Å². The van der Waals surface area contributed by atoms with Crippen molar-refractivity contribution < 1.29 is 4.42 Å². The quantitative estimate of drug-likeness (QED) is 0.204. The predicted octanol–water partition coefficient (Wildman–Crippen LogP) is 11.8. The predicted molar refractivity (Wildman–Crippen MR) is 186 cm³/mol. The first-order valence-corrected chi connectivity index (χ1v) is 15.8. The van der Waals surface area contributed by atoms with Crippen LogP contribution in [0.5, 0.6) is 0 Å². The third-order valence-electron chi connectivity index (χ3n) is 8.88. The summed E-state index contributed by atoms with van der Waals surface area (Å²) in [5.41, 5.74) is 12.5. The molecular formula is C41H40N2O. The second-order valence-corrected chi connectivity index (χ2v) is 13.7. The average molecular weight is 577 g/mol. The smallest absolute Gasteiger partial charge is 0.149 e. The number of hydrogen-bond acceptors (Lipinski definition) is 2. The molecule has 0 N–H and O–H groups in total. The van der Waals surface area contributed by atoms with Crippen molar-refractivity contribution in [3.05, 3.63) is 120 Å². The van der Waals surface area contributed by atoms with Crippen LogP contribution in [-0.4, -0.2) is 9.55 Å². The van der Waals surface area contributed by atoms with Crippen LogP contribution in [-0.2, 0) is 5.41 Å². The molecule has 0 aliphatic carbocycles. The highest BCUT2D eigenvalue weighted by Crippen LogP contribution is 2.45. The molecule has 2 heterocycles. The fraction of sp³-hybridized carbons (Fsp3) is 0.244. The molecule has 0 aliphatic rings. The third kappa shape index (κ3) is 4.54. The van der Waals surface area contributed by atoms with Gasteiger partial charge in [0.05, 0.1) is 22.3 Å². The van der Waals surface area contributed by atoms with E-state index < -0.39 is 0 Å². The molecule has 220 valence electrons. The number of furan rings is 1. The first-order chi connectivity index (χ1) is 21.1. The molecule has 0 saturated heterocycles. The summed E-state index contributed by atoms with van der Waals surface area (Å²) in [5, 5.41) is 2.33. The van der Waals surface area contributed by atoms with Gasteiger partial charge >= 0.3 is 0 Å². The summed E-state index contributed by atoms with van der Waals surface area (Å²) >= 11 is 0. The van der Waals surface area contributed by atoms with Gasteiger partial charge in [-0.3, -0.25) is 4.57 Å². The molecule has 3 heteroatoms. The summed E-state index contributed by atoms with van der Waals surface area (Å²) in [6.45, 7) is 16.0. The summed E-state index contributed by atoms with van der Waals surface area (Å²) < 4.78 is 9.15. The van der Waals surface area contributed by atoms with Crippen molar-refractivity contribution in [3.63, 3.8) is 0 Å². The van der Waals surface area contributed by atoms with Crippen molar-refractivity contribution in [1.29, 1.82) is 0 Å². The van der Waals surface area contributed by atoms with E-state index in [-0.39, 0.29) is 5.41 Å². The van der Waals surface area contributed by atoms with Gasteiger partial charge in [-0.25, -0.2) is 4.98 Å². The van der Waals surface area contributed by atoms with E-state index in [1.54, 1.807) is 0 Å². The molecule has 0 unspecified atom stereocenters. The van der Waals surface area contributed by atoms with E-state index in [1.165, 1.54) is 38.9 Å². The van der Waals surface area contributed by atoms with Crippen LogP contribution in [0, 0.1) is 0 Å². The maximum atomic E-state index is 6.74. The van der Waals surface area contributed by atoms with Crippen LogP contribution in [0.1, 0.15) is 77.0 Å². The van der Waals surface area contributed by atoms with E-state index in [0.717, 1.165) is 39.0 Å². The zero-order valence-electron chi connectivity index (χ0n) is 26.8. The lowest BCUT2D eigenvalue weighted by Crippen LogP contribution is -2.12. The summed E-state index contributed by atoms with van der Waals surface area (Å²) in [7, 11) is 0. The fourth-order valence-corrected chi connectivity index (χ4v) is 6.68. The Morgan fingerprint density at radius 1 is 0.682 bits per heavy atom. The van der Waals surface area contributed by atoms with Gasteiger partial charge in [0.2, 0.25) is 0 Å². The first-order valence-electron chi connectivity index (χ1n) is 15.8. The molecule has 0 saturated carbocycles. The Kier molecular flexibility index (Phi) is 6.73. The first kappa shape index (κ1) is 28.2. The van der Waals surface area contributed by atoms with Gasteiger partial charge in [-0.1, -0.05) is 115 Å². The topological polar surface area (TPSA) is 31.0 Å². The number of hydrogen-bond donors (Lipinski definition) is 0.